The van der Waals surface area contributed by atoms with Gasteiger partial charge >= 0.3 is 0 Å². The molecule has 0 fully saturated rings. The molecule has 24 heavy (non-hydrogen) atoms. The van der Waals surface area contributed by atoms with Gasteiger partial charge in [-0.25, -0.2) is 4.98 Å². The second-order valence-electron chi connectivity index (χ2n) is 6.04. The molecule has 0 aliphatic carbocycles. The van der Waals surface area contributed by atoms with Crippen molar-refractivity contribution in [2.75, 3.05) is 0 Å². The Hall–Kier alpha value is -3.20. The third kappa shape index (κ3) is 1.72. The van der Waals surface area contributed by atoms with Crippen molar-refractivity contribution in [3.05, 3.63) is 78.8 Å². The summed E-state index contributed by atoms with van der Waals surface area (Å²) in [5, 5.41) is 3.50. The Bertz CT molecular complexity index is 1200. The van der Waals surface area contributed by atoms with E-state index in [1.165, 1.54) is 16.3 Å². The van der Waals surface area contributed by atoms with Crippen molar-refractivity contribution >= 4 is 32.7 Å². The lowest BCUT2D eigenvalue weighted by atomic mass is 10.00. The van der Waals surface area contributed by atoms with Crippen LogP contribution in [-0.4, -0.2) is 14.5 Å². The van der Waals surface area contributed by atoms with E-state index in [-0.39, 0.29) is 0 Å². The molecule has 0 atom stereocenters. The van der Waals surface area contributed by atoms with Crippen LogP contribution in [0.15, 0.2) is 73.2 Å². The number of fused-ring (bicyclic) bond motifs is 6. The number of imidazole rings is 1. The highest BCUT2D eigenvalue weighted by molar-refractivity contribution is 6.23. The molecule has 3 heteroatoms. The minimum atomic E-state index is 1.00. The molecule has 0 saturated carbocycles. The number of hydrogen-bond donors (Lipinski definition) is 0. The first-order valence-electron chi connectivity index (χ1n) is 8.03. The number of pyridine rings is 1. The van der Waals surface area contributed by atoms with E-state index in [9.17, 15) is 0 Å². The molecule has 0 unspecified atom stereocenters. The smallest absolute Gasteiger partial charge is 0.100 e. The molecular formula is C21H15N3. The van der Waals surface area contributed by atoms with Crippen LogP contribution < -0.4 is 0 Å². The lowest BCUT2D eigenvalue weighted by Gasteiger charge is -2.11. The fourth-order valence-electron chi connectivity index (χ4n) is 3.56. The second-order valence-corrected chi connectivity index (χ2v) is 6.04. The molecule has 0 spiro atoms. The number of benzene rings is 3. The summed E-state index contributed by atoms with van der Waals surface area (Å²) in [6, 6.07) is 20.9. The van der Waals surface area contributed by atoms with Crippen molar-refractivity contribution in [1.29, 1.82) is 0 Å². The van der Waals surface area contributed by atoms with Gasteiger partial charge in [-0.2, -0.15) is 0 Å². The van der Waals surface area contributed by atoms with E-state index < -0.39 is 0 Å². The van der Waals surface area contributed by atoms with Crippen molar-refractivity contribution in [1.82, 2.24) is 14.5 Å². The number of hydrogen-bond acceptors (Lipinski definition) is 2. The molecule has 3 aromatic carbocycles. The first kappa shape index (κ1) is 13.3. The summed E-state index contributed by atoms with van der Waals surface area (Å²) in [6.45, 7) is 2.14. The highest BCUT2D eigenvalue weighted by atomic mass is 15.0. The number of nitrogens with zero attached hydrogens (tertiary/aromatic N) is 3. The first-order valence-corrected chi connectivity index (χ1v) is 8.03. The standard InChI is InChI=1S/C21H15N3/c1-14-7-5-10-16-18(14)19-17(11-6-12-22-19)20-21(16)24(13-23-20)15-8-3-2-4-9-15/h2-13H,1H3. The fraction of sp³-hybridized carbons (Fsp3) is 0.0476. The monoisotopic (exact) mass is 309 g/mol. The van der Waals surface area contributed by atoms with Gasteiger partial charge < -0.3 is 0 Å². The maximum atomic E-state index is 4.73. The van der Waals surface area contributed by atoms with Crippen LogP contribution in [0.5, 0.6) is 0 Å². The number of aryl methyl sites for hydroxylation is 1. The molecule has 0 aliphatic rings. The zero-order chi connectivity index (χ0) is 16.1. The van der Waals surface area contributed by atoms with Crippen molar-refractivity contribution < 1.29 is 0 Å². The molecule has 0 N–H and O–H groups in total. The third-order valence-electron chi connectivity index (χ3n) is 4.63. The van der Waals surface area contributed by atoms with Gasteiger partial charge in [-0.3, -0.25) is 9.55 Å². The quantitative estimate of drug-likeness (QED) is 0.406. The summed E-state index contributed by atoms with van der Waals surface area (Å²) in [5.41, 5.74) is 5.52. The van der Waals surface area contributed by atoms with E-state index >= 15 is 0 Å². The molecule has 114 valence electrons. The molecule has 0 amide bonds. The van der Waals surface area contributed by atoms with Gasteiger partial charge in [-0.15, -0.1) is 0 Å². The van der Waals surface area contributed by atoms with Crippen LogP contribution in [0.2, 0.25) is 0 Å². The highest BCUT2D eigenvalue weighted by Crippen LogP contribution is 2.35. The number of para-hydroxylation sites is 1. The van der Waals surface area contributed by atoms with Crippen molar-refractivity contribution in [3.63, 3.8) is 0 Å². The van der Waals surface area contributed by atoms with E-state index in [4.69, 9.17) is 4.98 Å². The highest BCUT2D eigenvalue weighted by Gasteiger charge is 2.15. The van der Waals surface area contributed by atoms with Gasteiger partial charge in [0.05, 0.1) is 16.6 Å². The molecule has 0 bridgehead atoms. The molecule has 5 aromatic rings. The van der Waals surface area contributed by atoms with Crippen molar-refractivity contribution in [3.8, 4) is 5.69 Å². The maximum Gasteiger partial charge on any atom is 0.100 e. The van der Waals surface area contributed by atoms with E-state index in [1.54, 1.807) is 0 Å². The lowest BCUT2D eigenvalue weighted by Crippen LogP contribution is -1.94. The molecule has 3 nitrogen and oxygen atoms in total. The summed E-state index contributed by atoms with van der Waals surface area (Å²) >= 11 is 0. The fourth-order valence-corrected chi connectivity index (χ4v) is 3.56. The van der Waals surface area contributed by atoms with Crippen LogP contribution in [0.25, 0.3) is 38.4 Å². The molecule has 0 radical (unpaired) electrons. The number of rotatable bonds is 1. The third-order valence-corrected chi connectivity index (χ3v) is 4.63. The minimum absolute atomic E-state index is 1.00. The Morgan fingerprint density at radius 1 is 0.750 bits per heavy atom. The summed E-state index contributed by atoms with van der Waals surface area (Å²) < 4.78 is 2.17. The van der Waals surface area contributed by atoms with Gasteiger partial charge in [0.25, 0.3) is 0 Å². The zero-order valence-corrected chi connectivity index (χ0v) is 13.3. The SMILES string of the molecule is Cc1cccc2c1c1ncccc1c1ncn(-c3ccccc3)c21. The van der Waals surface area contributed by atoms with E-state index in [0.717, 1.165) is 27.6 Å². The molecule has 0 aliphatic heterocycles. The first-order chi connectivity index (χ1) is 11.8. The Morgan fingerprint density at radius 2 is 1.58 bits per heavy atom. The average molecular weight is 309 g/mol. The number of aromatic nitrogens is 3. The van der Waals surface area contributed by atoms with Gasteiger partial charge in [0, 0.05) is 28.0 Å². The van der Waals surface area contributed by atoms with Crippen LogP contribution in [0.1, 0.15) is 5.56 Å². The van der Waals surface area contributed by atoms with Crippen LogP contribution >= 0.6 is 0 Å². The largest absolute Gasteiger partial charge is 0.298 e. The molecule has 0 saturated heterocycles. The molecule has 2 heterocycles. The van der Waals surface area contributed by atoms with Crippen LogP contribution in [-0.2, 0) is 0 Å². The van der Waals surface area contributed by atoms with E-state index in [1.807, 2.05) is 24.7 Å². The van der Waals surface area contributed by atoms with Crippen molar-refractivity contribution in [2.45, 2.75) is 6.92 Å². The predicted octanol–water partition coefficient (Wildman–Crippen LogP) is 5.04. The Morgan fingerprint density at radius 3 is 2.46 bits per heavy atom. The second kappa shape index (κ2) is 4.90. The minimum Gasteiger partial charge on any atom is -0.298 e. The van der Waals surface area contributed by atoms with Gasteiger partial charge in [0.1, 0.15) is 6.33 Å². The van der Waals surface area contributed by atoms with E-state index in [0.29, 0.717) is 0 Å². The summed E-state index contributed by atoms with van der Waals surface area (Å²) in [6.07, 6.45) is 3.77. The summed E-state index contributed by atoms with van der Waals surface area (Å²) in [4.78, 5) is 9.38. The zero-order valence-electron chi connectivity index (χ0n) is 13.3. The normalized spacial score (nSPS) is 11.5. The molecular weight excluding hydrogens is 294 g/mol. The maximum absolute atomic E-state index is 4.73. The van der Waals surface area contributed by atoms with Gasteiger partial charge in [-0.1, -0.05) is 36.4 Å². The van der Waals surface area contributed by atoms with E-state index in [2.05, 4.69) is 65.0 Å². The lowest BCUT2D eigenvalue weighted by molar-refractivity contribution is 1.10. The van der Waals surface area contributed by atoms with Crippen LogP contribution in [0.4, 0.5) is 0 Å². The Balaban J connectivity index is 2.08. The van der Waals surface area contributed by atoms with Crippen LogP contribution in [0, 0.1) is 6.92 Å². The topological polar surface area (TPSA) is 30.7 Å². The summed E-state index contributed by atoms with van der Waals surface area (Å²) in [5.74, 6) is 0. The summed E-state index contributed by atoms with van der Waals surface area (Å²) in [7, 11) is 0. The van der Waals surface area contributed by atoms with Gasteiger partial charge in [0.15, 0.2) is 0 Å². The Labute approximate surface area is 139 Å². The predicted molar refractivity (Wildman–Crippen MR) is 98.6 cm³/mol. The molecule has 2 aromatic heterocycles. The Kier molecular flexibility index (Phi) is 2.71. The van der Waals surface area contributed by atoms with Crippen molar-refractivity contribution in [2.24, 2.45) is 0 Å². The average Bonchev–Trinajstić information content (AvgIpc) is 3.08. The molecule has 5 rings (SSSR count). The van der Waals surface area contributed by atoms with Gasteiger partial charge in [0.2, 0.25) is 0 Å². The van der Waals surface area contributed by atoms with Crippen LogP contribution in [0.3, 0.4) is 0 Å². The van der Waals surface area contributed by atoms with Gasteiger partial charge in [-0.05, 0) is 36.8 Å².